The second kappa shape index (κ2) is 9.33. The van der Waals surface area contributed by atoms with Gasteiger partial charge in [0, 0.05) is 30.4 Å². The van der Waals surface area contributed by atoms with Gasteiger partial charge in [-0.3, -0.25) is 4.98 Å². The minimum Gasteiger partial charge on any atom is -0.496 e. The molecule has 7 heteroatoms. The van der Waals surface area contributed by atoms with Gasteiger partial charge in [0.2, 0.25) is 0 Å². The van der Waals surface area contributed by atoms with Crippen LogP contribution in [0.5, 0.6) is 17.2 Å². The zero-order chi connectivity index (χ0) is 21.7. The van der Waals surface area contributed by atoms with Gasteiger partial charge in [0.05, 0.1) is 32.1 Å². The van der Waals surface area contributed by atoms with Crippen molar-refractivity contribution < 1.29 is 18.9 Å². The maximum Gasteiger partial charge on any atom is 0.187 e. The highest BCUT2D eigenvalue weighted by molar-refractivity contribution is 6.00. The Morgan fingerprint density at radius 3 is 2.47 bits per heavy atom. The molecular formula is C23H25N3O4. The molecule has 0 spiro atoms. The topological polar surface area (TPSA) is 85.6 Å². The van der Waals surface area contributed by atoms with E-state index in [1.807, 2.05) is 38.1 Å². The summed E-state index contributed by atoms with van der Waals surface area (Å²) in [7, 11) is 4.83. The number of fused-ring (bicyclic) bond motifs is 1. The van der Waals surface area contributed by atoms with E-state index in [1.165, 1.54) is 6.20 Å². The number of nitriles is 1. The van der Waals surface area contributed by atoms with Crippen LogP contribution < -0.4 is 19.5 Å². The number of ether oxygens (including phenoxy) is 4. The average molecular weight is 407 g/mol. The summed E-state index contributed by atoms with van der Waals surface area (Å²) in [6, 6.07) is 9.87. The maximum absolute atomic E-state index is 9.67. The molecule has 0 amide bonds. The Labute approximate surface area is 176 Å². The van der Waals surface area contributed by atoms with Gasteiger partial charge < -0.3 is 24.3 Å². The number of hydrogen-bond acceptors (Lipinski definition) is 7. The fourth-order valence-electron chi connectivity index (χ4n) is 3.31. The predicted octanol–water partition coefficient (Wildman–Crippen LogP) is 4.51. The van der Waals surface area contributed by atoms with Crippen molar-refractivity contribution in [1.29, 1.82) is 5.26 Å². The normalized spacial score (nSPS) is 10.5. The number of nitrogens with zero attached hydrogens (tertiary/aromatic N) is 2. The molecule has 1 aromatic heterocycles. The molecule has 3 rings (SSSR count). The zero-order valence-corrected chi connectivity index (χ0v) is 17.8. The summed E-state index contributed by atoms with van der Waals surface area (Å²) in [5.41, 5.74) is 4.61. The molecule has 0 bridgehead atoms. The molecule has 0 atom stereocenters. The predicted molar refractivity (Wildman–Crippen MR) is 116 cm³/mol. The number of aryl methyl sites for hydroxylation is 2. The molecule has 0 aliphatic rings. The van der Waals surface area contributed by atoms with Crippen molar-refractivity contribution in [3.05, 3.63) is 47.2 Å². The van der Waals surface area contributed by atoms with Crippen LogP contribution in [0.2, 0.25) is 0 Å². The molecule has 1 heterocycles. The summed E-state index contributed by atoms with van der Waals surface area (Å²) in [4.78, 5) is 4.46. The number of anilines is 2. The largest absolute Gasteiger partial charge is 0.496 e. The first kappa shape index (κ1) is 21.2. The molecule has 0 aliphatic carbocycles. The van der Waals surface area contributed by atoms with E-state index in [1.54, 1.807) is 21.3 Å². The smallest absolute Gasteiger partial charge is 0.187 e. The summed E-state index contributed by atoms with van der Waals surface area (Å²) in [6.45, 7) is 4.85. The fraction of sp³-hybridized carbons (Fsp3) is 0.304. The molecule has 0 radical (unpaired) electrons. The van der Waals surface area contributed by atoms with Crippen LogP contribution in [-0.4, -0.2) is 39.5 Å². The highest BCUT2D eigenvalue weighted by Gasteiger charge is 2.17. The van der Waals surface area contributed by atoms with Crippen LogP contribution in [0.15, 0.2) is 30.5 Å². The Morgan fingerprint density at radius 2 is 1.80 bits per heavy atom. The Balaban J connectivity index is 2.13. The Morgan fingerprint density at radius 1 is 1.00 bits per heavy atom. The molecule has 30 heavy (non-hydrogen) atoms. The van der Waals surface area contributed by atoms with Crippen molar-refractivity contribution in [3.8, 4) is 23.3 Å². The molecule has 0 fully saturated rings. The first-order chi connectivity index (χ1) is 14.5. The quantitative estimate of drug-likeness (QED) is 0.550. The summed E-state index contributed by atoms with van der Waals surface area (Å²) >= 11 is 0. The number of pyridine rings is 1. The van der Waals surface area contributed by atoms with Crippen LogP contribution in [0.4, 0.5) is 11.4 Å². The van der Waals surface area contributed by atoms with E-state index >= 15 is 0 Å². The third-order valence-corrected chi connectivity index (χ3v) is 4.83. The van der Waals surface area contributed by atoms with Crippen molar-refractivity contribution >= 4 is 22.3 Å². The van der Waals surface area contributed by atoms with Crippen molar-refractivity contribution in [2.45, 2.75) is 13.8 Å². The Bertz CT molecular complexity index is 1110. The molecule has 156 valence electrons. The third kappa shape index (κ3) is 4.09. The van der Waals surface area contributed by atoms with Crippen molar-refractivity contribution in [1.82, 2.24) is 4.98 Å². The molecule has 2 aromatic carbocycles. The number of benzene rings is 2. The average Bonchev–Trinajstić information content (AvgIpc) is 2.75. The number of hydrogen-bond donors (Lipinski definition) is 1. The van der Waals surface area contributed by atoms with Crippen LogP contribution in [0, 0.1) is 25.2 Å². The summed E-state index contributed by atoms with van der Waals surface area (Å²) in [6.07, 6.45) is 1.53. The van der Waals surface area contributed by atoms with Gasteiger partial charge in [0.1, 0.15) is 23.9 Å². The van der Waals surface area contributed by atoms with E-state index in [9.17, 15) is 5.26 Å². The van der Waals surface area contributed by atoms with Gasteiger partial charge in [-0.25, -0.2) is 0 Å². The molecule has 0 saturated carbocycles. The standard InChI is InChI=1S/C23H25N3O4/c1-14-10-15(2)20(28-4)11-18(14)26-21-16(12-24)13-25-22-17(21)6-7-19(23(22)29-5)30-9-8-27-3/h6-7,10-11,13H,8-9H2,1-5H3,(H,25,26). The molecule has 0 aliphatic heterocycles. The highest BCUT2D eigenvalue weighted by atomic mass is 16.5. The van der Waals surface area contributed by atoms with E-state index in [2.05, 4.69) is 16.4 Å². The van der Waals surface area contributed by atoms with Crippen LogP contribution in [0.25, 0.3) is 10.9 Å². The van der Waals surface area contributed by atoms with Gasteiger partial charge >= 0.3 is 0 Å². The van der Waals surface area contributed by atoms with E-state index in [0.29, 0.717) is 41.5 Å². The number of rotatable bonds is 8. The number of aromatic nitrogens is 1. The Kier molecular flexibility index (Phi) is 6.60. The van der Waals surface area contributed by atoms with E-state index < -0.39 is 0 Å². The van der Waals surface area contributed by atoms with Crippen molar-refractivity contribution in [2.24, 2.45) is 0 Å². The van der Waals surface area contributed by atoms with E-state index in [0.717, 1.165) is 28.0 Å². The van der Waals surface area contributed by atoms with Gasteiger partial charge in [0.15, 0.2) is 11.5 Å². The molecule has 1 N–H and O–H groups in total. The molecular weight excluding hydrogens is 382 g/mol. The zero-order valence-electron chi connectivity index (χ0n) is 17.8. The van der Waals surface area contributed by atoms with Crippen LogP contribution in [0.3, 0.4) is 0 Å². The molecule has 0 saturated heterocycles. The van der Waals surface area contributed by atoms with Gasteiger partial charge in [-0.05, 0) is 37.1 Å². The van der Waals surface area contributed by atoms with Gasteiger partial charge in [-0.2, -0.15) is 5.26 Å². The second-order valence-corrected chi connectivity index (χ2v) is 6.75. The van der Waals surface area contributed by atoms with Gasteiger partial charge in [-0.15, -0.1) is 0 Å². The van der Waals surface area contributed by atoms with Crippen LogP contribution in [-0.2, 0) is 4.74 Å². The first-order valence-corrected chi connectivity index (χ1v) is 9.47. The first-order valence-electron chi connectivity index (χ1n) is 9.47. The SMILES string of the molecule is COCCOc1ccc2c(Nc3cc(OC)c(C)cc3C)c(C#N)cnc2c1OC. The van der Waals surface area contributed by atoms with Crippen molar-refractivity contribution in [3.63, 3.8) is 0 Å². The second-order valence-electron chi connectivity index (χ2n) is 6.75. The summed E-state index contributed by atoms with van der Waals surface area (Å²) < 4.78 is 21.8. The maximum atomic E-state index is 9.67. The highest BCUT2D eigenvalue weighted by Crippen LogP contribution is 2.40. The van der Waals surface area contributed by atoms with Crippen LogP contribution in [0.1, 0.15) is 16.7 Å². The number of nitrogens with one attached hydrogen (secondary N) is 1. The minimum absolute atomic E-state index is 0.391. The molecule has 0 unspecified atom stereocenters. The lowest BCUT2D eigenvalue weighted by Crippen LogP contribution is -2.06. The fourth-order valence-corrected chi connectivity index (χ4v) is 3.31. The lowest BCUT2D eigenvalue weighted by atomic mass is 10.1. The lowest BCUT2D eigenvalue weighted by molar-refractivity contribution is 0.144. The van der Waals surface area contributed by atoms with E-state index in [-0.39, 0.29) is 0 Å². The van der Waals surface area contributed by atoms with Gasteiger partial charge in [-0.1, -0.05) is 6.07 Å². The third-order valence-electron chi connectivity index (χ3n) is 4.83. The lowest BCUT2D eigenvalue weighted by Gasteiger charge is -2.18. The van der Waals surface area contributed by atoms with Gasteiger partial charge in [0.25, 0.3) is 0 Å². The summed E-state index contributed by atoms with van der Waals surface area (Å²) in [5, 5.41) is 13.8. The Hall–Kier alpha value is -3.50. The van der Waals surface area contributed by atoms with Crippen LogP contribution >= 0.6 is 0 Å². The number of methoxy groups -OCH3 is 3. The summed E-state index contributed by atoms with van der Waals surface area (Å²) in [5.74, 6) is 1.85. The minimum atomic E-state index is 0.391. The van der Waals surface area contributed by atoms with E-state index in [4.69, 9.17) is 18.9 Å². The molecule has 7 nitrogen and oxygen atoms in total. The van der Waals surface area contributed by atoms with Crippen molar-refractivity contribution in [2.75, 3.05) is 39.9 Å². The molecule has 3 aromatic rings. The monoisotopic (exact) mass is 407 g/mol.